The Kier molecular flexibility index (Phi) is 3.99. The van der Waals surface area contributed by atoms with Gasteiger partial charge in [-0.05, 0) is 30.3 Å². The van der Waals surface area contributed by atoms with E-state index in [0.717, 1.165) is 12.1 Å². The van der Waals surface area contributed by atoms with Gasteiger partial charge in [0.25, 0.3) is 10.0 Å². The van der Waals surface area contributed by atoms with Crippen molar-refractivity contribution in [3.63, 3.8) is 0 Å². The topological polar surface area (TPSA) is 81.4 Å². The normalized spacial score (nSPS) is 11.2. The van der Waals surface area contributed by atoms with E-state index < -0.39 is 21.7 Å². The molecule has 0 saturated carbocycles. The minimum absolute atomic E-state index is 0.0635. The number of benzene rings is 2. The van der Waals surface area contributed by atoms with Crippen LogP contribution in [0.15, 0.2) is 41.3 Å². The molecule has 0 unspecified atom stereocenters. The molecule has 2 aromatic rings. The minimum atomic E-state index is -4.10. The van der Waals surface area contributed by atoms with Crippen LogP contribution in [0.2, 0.25) is 0 Å². The summed E-state index contributed by atoms with van der Waals surface area (Å²) >= 11 is 0. The first kappa shape index (κ1) is 15.0. The Balaban J connectivity index is 2.45. The van der Waals surface area contributed by atoms with Gasteiger partial charge in [0, 0.05) is 11.8 Å². The predicted molar refractivity (Wildman–Crippen MR) is 74.6 cm³/mol. The maximum atomic E-state index is 13.1. The van der Waals surface area contributed by atoms with Gasteiger partial charge in [-0.1, -0.05) is 0 Å². The Labute approximate surface area is 120 Å². The van der Waals surface area contributed by atoms with Gasteiger partial charge in [0.05, 0.1) is 12.8 Å². The number of ether oxygens (including phenoxy) is 1. The highest BCUT2D eigenvalue weighted by Crippen LogP contribution is 2.28. The van der Waals surface area contributed by atoms with Crippen LogP contribution in [-0.2, 0) is 10.0 Å². The van der Waals surface area contributed by atoms with Crippen LogP contribution in [0.25, 0.3) is 0 Å². The number of nitrogen functional groups attached to an aromatic ring is 1. The third kappa shape index (κ3) is 3.40. The van der Waals surface area contributed by atoms with Crippen molar-refractivity contribution in [1.82, 2.24) is 0 Å². The highest BCUT2D eigenvalue weighted by molar-refractivity contribution is 7.92. The SMILES string of the molecule is COc1ccc(N)cc1S(=O)(=O)Nc1cc(F)cc(F)c1. The van der Waals surface area contributed by atoms with Crippen LogP contribution in [0.5, 0.6) is 5.75 Å². The average molecular weight is 314 g/mol. The van der Waals surface area contributed by atoms with Gasteiger partial charge >= 0.3 is 0 Å². The molecule has 0 radical (unpaired) electrons. The van der Waals surface area contributed by atoms with Crippen molar-refractivity contribution in [2.45, 2.75) is 4.90 Å². The molecule has 8 heteroatoms. The van der Waals surface area contributed by atoms with E-state index in [1.165, 1.54) is 25.3 Å². The fourth-order valence-corrected chi connectivity index (χ4v) is 2.97. The fourth-order valence-electron chi connectivity index (χ4n) is 1.73. The molecule has 0 aliphatic carbocycles. The summed E-state index contributed by atoms with van der Waals surface area (Å²) in [7, 11) is -2.80. The van der Waals surface area contributed by atoms with Crippen molar-refractivity contribution in [1.29, 1.82) is 0 Å². The van der Waals surface area contributed by atoms with E-state index in [1.54, 1.807) is 0 Å². The molecule has 0 saturated heterocycles. The molecule has 5 nitrogen and oxygen atoms in total. The number of rotatable bonds is 4. The van der Waals surface area contributed by atoms with Crippen LogP contribution in [-0.4, -0.2) is 15.5 Å². The number of nitrogens with two attached hydrogens (primary N) is 1. The zero-order chi connectivity index (χ0) is 15.6. The molecular weight excluding hydrogens is 302 g/mol. The van der Waals surface area contributed by atoms with Gasteiger partial charge in [0.2, 0.25) is 0 Å². The van der Waals surface area contributed by atoms with Crippen molar-refractivity contribution < 1.29 is 21.9 Å². The molecule has 0 aliphatic rings. The van der Waals surface area contributed by atoms with E-state index in [1.807, 2.05) is 0 Å². The van der Waals surface area contributed by atoms with Gasteiger partial charge in [0.15, 0.2) is 0 Å². The molecule has 21 heavy (non-hydrogen) atoms. The summed E-state index contributed by atoms with van der Waals surface area (Å²) < 4.78 is 57.7. The Morgan fingerprint density at radius 3 is 2.29 bits per heavy atom. The number of hydrogen-bond acceptors (Lipinski definition) is 4. The summed E-state index contributed by atoms with van der Waals surface area (Å²) in [6.07, 6.45) is 0. The molecule has 112 valence electrons. The van der Waals surface area contributed by atoms with Crippen LogP contribution in [0.4, 0.5) is 20.2 Å². The van der Waals surface area contributed by atoms with Gasteiger partial charge in [-0.3, -0.25) is 4.72 Å². The van der Waals surface area contributed by atoms with Crippen LogP contribution < -0.4 is 15.2 Å². The van der Waals surface area contributed by atoms with E-state index in [0.29, 0.717) is 6.07 Å². The molecule has 0 aromatic heterocycles. The highest BCUT2D eigenvalue weighted by atomic mass is 32.2. The zero-order valence-corrected chi connectivity index (χ0v) is 11.7. The van der Waals surface area contributed by atoms with E-state index in [2.05, 4.69) is 4.72 Å². The zero-order valence-electron chi connectivity index (χ0n) is 10.9. The number of methoxy groups -OCH3 is 1. The van der Waals surface area contributed by atoms with E-state index in [4.69, 9.17) is 10.5 Å². The average Bonchev–Trinajstić information content (AvgIpc) is 2.36. The molecule has 0 aliphatic heterocycles. The van der Waals surface area contributed by atoms with Gasteiger partial charge < -0.3 is 10.5 Å². The molecular formula is C13H12F2N2O3S. The van der Waals surface area contributed by atoms with Crippen LogP contribution in [0, 0.1) is 11.6 Å². The molecule has 2 rings (SSSR count). The lowest BCUT2D eigenvalue weighted by Crippen LogP contribution is -2.14. The van der Waals surface area contributed by atoms with Gasteiger partial charge in [-0.15, -0.1) is 0 Å². The second kappa shape index (κ2) is 5.57. The smallest absolute Gasteiger partial charge is 0.265 e. The predicted octanol–water partition coefficient (Wildman–Crippen LogP) is 2.36. The first-order valence-electron chi connectivity index (χ1n) is 5.74. The first-order valence-corrected chi connectivity index (χ1v) is 7.22. The second-order valence-electron chi connectivity index (χ2n) is 4.17. The van der Waals surface area contributed by atoms with E-state index in [-0.39, 0.29) is 22.0 Å². The third-order valence-electron chi connectivity index (χ3n) is 2.59. The summed E-state index contributed by atoms with van der Waals surface area (Å²) in [4.78, 5) is -0.227. The molecule has 0 amide bonds. The summed E-state index contributed by atoms with van der Waals surface area (Å²) in [5, 5.41) is 0. The molecule has 3 N–H and O–H groups in total. The second-order valence-corrected chi connectivity index (χ2v) is 5.82. The van der Waals surface area contributed by atoms with Crippen LogP contribution in [0.3, 0.4) is 0 Å². The largest absolute Gasteiger partial charge is 0.495 e. The monoisotopic (exact) mass is 314 g/mol. The number of hydrogen-bond donors (Lipinski definition) is 2. The highest BCUT2D eigenvalue weighted by Gasteiger charge is 2.20. The van der Waals surface area contributed by atoms with Crippen molar-refractivity contribution in [3.8, 4) is 5.75 Å². The third-order valence-corrected chi connectivity index (χ3v) is 3.99. The Morgan fingerprint density at radius 2 is 1.71 bits per heavy atom. The molecule has 0 spiro atoms. The summed E-state index contributed by atoms with van der Waals surface area (Å²) in [5.41, 5.74) is 5.52. The molecule has 2 aromatic carbocycles. The fraction of sp³-hybridized carbons (Fsp3) is 0.0769. The molecule has 0 heterocycles. The van der Waals surface area contributed by atoms with Crippen molar-refractivity contribution in [2.24, 2.45) is 0 Å². The lowest BCUT2D eigenvalue weighted by atomic mass is 10.3. The maximum absolute atomic E-state index is 13.1. The molecule has 0 bridgehead atoms. The van der Waals surface area contributed by atoms with Crippen LogP contribution >= 0.6 is 0 Å². The lowest BCUT2D eigenvalue weighted by molar-refractivity contribution is 0.403. The number of nitrogens with one attached hydrogen (secondary N) is 1. The number of halogens is 2. The van der Waals surface area contributed by atoms with Gasteiger partial charge in [-0.2, -0.15) is 0 Å². The first-order chi connectivity index (χ1) is 9.81. The maximum Gasteiger partial charge on any atom is 0.265 e. The van der Waals surface area contributed by atoms with Crippen molar-refractivity contribution in [3.05, 3.63) is 48.0 Å². The quantitative estimate of drug-likeness (QED) is 0.849. The Morgan fingerprint density at radius 1 is 1.10 bits per heavy atom. The Hall–Kier alpha value is -2.35. The van der Waals surface area contributed by atoms with Gasteiger partial charge in [-0.25, -0.2) is 17.2 Å². The Bertz CT molecular complexity index is 759. The summed E-state index contributed by atoms with van der Waals surface area (Å²) in [6, 6.07) is 6.41. The van der Waals surface area contributed by atoms with Crippen molar-refractivity contribution in [2.75, 3.05) is 17.6 Å². The van der Waals surface area contributed by atoms with E-state index in [9.17, 15) is 17.2 Å². The standard InChI is InChI=1S/C13H12F2N2O3S/c1-20-12-3-2-10(16)7-13(12)21(18,19)17-11-5-8(14)4-9(15)6-11/h2-7,17H,16H2,1H3. The van der Waals surface area contributed by atoms with E-state index >= 15 is 0 Å². The molecule has 0 fully saturated rings. The van der Waals surface area contributed by atoms with Crippen molar-refractivity contribution >= 4 is 21.4 Å². The lowest BCUT2D eigenvalue weighted by Gasteiger charge is -2.12. The van der Waals surface area contributed by atoms with Gasteiger partial charge in [0.1, 0.15) is 22.3 Å². The number of anilines is 2. The summed E-state index contributed by atoms with van der Waals surface area (Å²) in [6.45, 7) is 0. The van der Waals surface area contributed by atoms with Crippen LogP contribution in [0.1, 0.15) is 0 Å². The minimum Gasteiger partial charge on any atom is -0.495 e. The molecule has 0 atom stereocenters. The number of sulfonamides is 1. The summed E-state index contributed by atoms with van der Waals surface area (Å²) in [5.74, 6) is -1.73.